The van der Waals surface area contributed by atoms with Crippen molar-refractivity contribution in [3.8, 4) is 0 Å². The maximum atomic E-state index is 12.8. The van der Waals surface area contributed by atoms with Crippen molar-refractivity contribution in [2.75, 3.05) is 13.0 Å². The summed E-state index contributed by atoms with van der Waals surface area (Å²) in [4.78, 5) is 38.9. The Labute approximate surface area is 111 Å². The number of hydrogen-bond acceptors (Lipinski definition) is 5. The van der Waals surface area contributed by atoms with Gasteiger partial charge in [0, 0.05) is 0 Å². The van der Waals surface area contributed by atoms with Crippen molar-refractivity contribution in [1.29, 1.82) is 0 Å². The SMILES string of the molecule is O=c1[nH]cnc2c1ncn2C[C@@H](CF)OCP(=O)(O)O. The standard InChI is InChI=1S/C9H12FN4O5P/c10-1-6(19-5-20(16,17)18)2-14-4-13-7-8(14)11-3-12-9(7)15/h3-4,6H,1-2,5H2,(H,11,12,15)(H2,16,17,18)/t6-/m1/s1. The van der Waals surface area contributed by atoms with Crippen LogP contribution in [0.25, 0.3) is 11.2 Å². The number of alkyl halides is 1. The number of nitrogens with zero attached hydrogens (tertiary/aromatic N) is 3. The van der Waals surface area contributed by atoms with Crippen LogP contribution in [0.2, 0.25) is 0 Å². The third kappa shape index (κ3) is 3.48. The summed E-state index contributed by atoms with van der Waals surface area (Å²) >= 11 is 0. The number of H-pyrrole nitrogens is 1. The molecule has 0 aliphatic carbocycles. The second-order valence-electron chi connectivity index (χ2n) is 4.04. The Morgan fingerprint density at radius 1 is 1.50 bits per heavy atom. The third-order valence-corrected chi connectivity index (χ3v) is 2.94. The van der Waals surface area contributed by atoms with Gasteiger partial charge in [-0.1, -0.05) is 0 Å². The molecule has 3 N–H and O–H groups in total. The van der Waals surface area contributed by atoms with Crippen LogP contribution in [-0.4, -0.2) is 48.4 Å². The Kier molecular flexibility index (Phi) is 4.29. The summed E-state index contributed by atoms with van der Waals surface area (Å²) in [7, 11) is -4.36. The van der Waals surface area contributed by atoms with Crippen molar-refractivity contribution < 1.29 is 23.5 Å². The zero-order valence-electron chi connectivity index (χ0n) is 10.1. The summed E-state index contributed by atoms with van der Waals surface area (Å²) in [6, 6.07) is 0. The normalized spacial score (nSPS) is 13.8. The smallest absolute Gasteiger partial charge is 0.350 e. The van der Waals surface area contributed by atoms with Crippen LogP contribution >= 0.6 is 7.60 Å². The van der Waals surface area contributed by atoms with Gasteiger partial charge in [-0.3, -0.25) is 9.36 Å². The molecule has 0 unspecified atom stereocenters. The molecular formula is C9H12FN4O5P. The van der Waals surface area contributed by atoms with E-state index in [4.69, 9.17) is 14.5 Å². The fourth-order valence-corrected chi connectivity index (χ4v) is 2.00. The lowest BCUT2D eigenvalue weighted by Crippen LogP contribution is -2.23. The average molecular weight is 306 g/mol. The van der Waals surface area contributed by atoms with E-state index in [-0.39, 0.29) is 17.7 Å². The van der Waals surface area contributed by atoms with E-state index >= 15 is 0 Å². The maximum Gasteiger partial charge on any atom is 0.350 e. The van der Waals surface area contributed by atoms with Crippen molar-refractivity contribution >= 4 is 18.8 Å². The Balaban J connectivity index is 2.16. The second-order valence-corrected chi connectivity index (χ2v) is 5.63. The molecule has 0 radical (unpaired) electrons. The number of halogens is 1. The third-order valence-electron chi connectivity index (χ3n) is 2.46. The topological polar surface area (TPSA) is 130 Å². The summed E-state index contributed by atoms with van der Waals surface area (Å²) in [5.41, 5.74) is -0.0891. The predicted molar refractivity (Wildman–Crippen MR) is 65.9 cm³/mol. The Morgan fingerprint density at radius 2 is 2.25 bits per heavy atom. The monoisotopic (exact) mass is 306 g/mol. The summed E-state index contributed by atoms with van der Waals surface area (Å²) in [5.74, 6) is 0. The molecule has 0 bridgehead atoms. The molecule has 0 saturated heterocycles. The quantitative estimate of drug-likeness (QED) is 0.619. The van der Waals surface area contributed by atoms with Crippen LogP contribution in [0.4, 0.5) is 4.39 Å². The Hall–Kier alpha value is -1.61. The summed E-state index contributed by atoms with van der Waals surface area (Å²) in [6.07, 6.45) is 0.531. The Morgan fingerprint density at radius 3 is 2.90 bits per heavy atom. The van der Waals surface area contributed by atoms with E-state index in [1.54, 1.807) is 0 Å². The number of imidazole rings is 1. The number of aromatic nitrogens is 4. The largest absolute Gasteiger partial charge is 0.361 e. The molecule has 1 atom stereocenters. The number of aromatic amines is 1. The van der Waals surface area contributed by atoms with Crippen molar-refractivity contribution in [2.45, 2.75) is 12.6 Å². The minimum atomic E-state index is -4.36. The summed E-state index contributed by atoms with van der Waals surface area (Å²) in [5, 5.41) is 0. The molecule has 2 aromatic heterocycles. The van der Waals surface area contributed by atoms with Gasteiger partial charge in [-0.05, 0) is 0 Å². The molecule has 2 rings (SSSR count). The van der Waals surface area contributed by atoms with Gasteiger partial charge in [-0.25, -0.2) is 14.4 Å². The van der Waals surface area contributed by atoms with Gasteiger partial charge in [-0.2, -0.15) is 0 Å². The highest BCUT2D eigenvalue weighted by Gasteiger charge is 2.19. The number of hydrogen-bond donors (Lipinski definition) is 3. The summed E-state index contributed by atoms with van der Waals surface area (Å²) < 4.78 is 29.7. The maximum absolute atomic E-state index is 12.8. The zero-order chi connectivity index (χ0) is 14.8. The molecule has 0 spiro atoms. The van der Waals surface area contributed by atoms with Crippen LogP contribution < -0.4 is 5.56 Å². The number of nitrogens with one attached hydrogen (secondary N) is 1. The highest BCUT2D eigenvalue weighted by Crippen LogP contribution is 2.34. The van der Waals surface area contributed by atoms with Crippen LogP contribution in [-0.2, 0) is 15.8 Å². The molecule has 2 heterocycles. The molecule has 0 fully saturated rings. The fraction of sp³-hybridized carbons (Fsp3) is 0.444. The first-order valence-electron chi connectivity index (χ1n) is 5.51. The molecular weight excluding hydrogens is 294 g/mol. The molecule has 9 nitrogen and oxygen atoms in total. The van der Waals surface area contributed by atoms with Crippen LogP contribution in [0, 0.1) is 0 Å². The van der Waals surface area contributed by atoms with Gasteiger partial charge in [0.1, 0.15) is 19.1 Å². The van der Waals surface area contributed by atoms with Gasteiger partial charge in [0.2, 0.25) is 0 Å². The second kappa shape index (κ2) is 5.80. The molecule has 0 aromatic carbocycles. The van der Waals surface area contributed by atoms with Crippen molar-refractivity contribution in [3.05, 3.63) is 23.0 Å². The number of rotatable bonds is 6. The van der Waals surface area contributed by atoms with Crippen LogP contribution in [0.3, 0.4) is 0 Å². The predicted octanol–water partition coefficient (Wildman–Crippen LogP) is -0.391. The van der Waals surface area contributed by atoms with E-state index in [1.165, 1.54) is 17.2 Å². The van der Waals surface area contributed by atoms with Gasteiger partial charge in [0.05, 0.1) is 19.2 Å². The average Bonchev–Trinajstić information content (AvgIpc) is 2.78. The van der Waals surface area contributed by atoms with Gasteiger partial charge in [0.25, 0.3) is 5.56 Å². The lowest BCUT2D eigenvalue weighted by molar-refractivity contribution is 0.0445. The highest BCUT2D eigenvalue weighted by molar-refractivity contribution is 7.51. The van der Waals surface area contributed by atoms with E-state index < -0.39 is 32.3 Å². The lowest BCUT2D eigenvalue weighted by atomic mass is 10.4. The minimum absolute atomic E-state index is 0.0660. The van der Waals surface area contributed by atoms with Crippen molar-refractivity contribution in [2.24, 2.45) is 0 Å². The molecule has 110 valence electrons. The van der Waals surface area contributed by atoms with Crippen LogP contribution in [0.5, 0.6) is 0 Å². The molecule has 2 aromatic rings. The Bertz CT molecular complexity index is 695. The zero-order valence-corrected chi connectivity index (χ0v) is 11.0. The molecule has 0 amide bonds. The van der Waals surface area contributed by atoms with Crippen LogP contribution in [0.15, 0.2) is 17.4 Å². The molecule has 11 heteroatoms. The molecule has 0 aliphatic rings. The number of fused-ring (bicyclic) bond motifs is 1. The van der Waals surface area contributed by atoms with E-state index in [0.29, 0.717) is 0 Å². The lowest BCUT2D eigenvalue weighted by Gasteiger charge is -2.15. The molecule has 0 aliphatic heterocycles. The molecule has 20 heavy (non-hydrogen) atoms. The van der Waals surface area contributed by atoms with Gasteiger partial charge >= 0.3 is 7.60 Å². The number of ether oxygens (including phenoxy) is 1. The first kappa shape index (κ1) is 14.8. The van der Waals surface area contributed by atoms with E-state index in [0.717, 1.165) is 0 Å². The van der Waals surface area contributed by atoms with Gasteiger partial charge in [0.15, 0.2) is 11.2 Å². The minimum Gasteiger partial charge on any atom is -0.361 e. The fourth-order valence-electron chi connectivity index (χ4n) is 1.59. The molecule has 0 saturated carbocycles. The van der Waals surface area contributed by atoms with Crippen LogP contribution in [0.1, 0.15) is 0 Å². The first-order valence-corrected chi connectivity index (χ1v) is 7.31. The van der Waals surface area contributed by atoms with E-state index in [9.17, 15) is 13.8 Å². The van der Waals surface area contributed by atoms with Crippen molar-refractivity contribution in [3.63, 3.8) is 0 Å². The summed E-state index contributed by atoms with van der Waals surface area (Å²) in [6.45, 7) is -1.01. The first-order chi connectivity index (χ1) is 9.40. The van der Waals surface area contributed by atoms with Crippen molar-refractivity contribution in [1.82, 2.24) is 19.5 Å². The van der Waals surface area contributed by atoms with E-state index in [1.807, 2.05) is 0 Å². The van der Waals surface area contributed by atoms with Gasteiger partial charge < -0.3 is 24.1 Å². The van der Waals surface area contributed by atoms with Gasteiger partial charge in [-0.15, -0.1) is 0 Å². The highest BCUT2D eigenvalue weighted by atomic mass is 31.2. The van der Waals surface area contributed by atoms with E-state index in [2.05, 4.69) is 15.0 Å².